The maximum absolute atomic E-state index is 6.22. The predicted octanol–water partition coefficient (Wildman–Crippen LogP) is 3.88. The third-order valence-electron chi connectivity index (χ3n) is 3.58. The van der Waals surface area contributed by atoms with E-state index in [0.717, 1.165) is 35.6 Å². The fraction of sp³-hybridized carbons (Fsp3) is 0.400. The highest BCUT2D eigenvalue weighted by Crippen LogP contribution is 2.39. The molecule has 0 amide bonds. The van der Waals surface area contributed by atoms with Gasteiger partial charge in [-0.2, -0.15) is 0 Å². The Kier molecular flexibility index (Phi) is 3.57. The summed E-state index contributed by atoms with van der Waals surface area (Å²) in [5, 5.41) is 3.96. The lowest BCUT2D eigenvalue weighted by atomic mass is 10.1. The van der Waals surface area contributed by atoms with Gasteiger partial charge in [-0.3, -0.25) is 4.98 Å². The van der Waals surface area contributed by atoms with Gasteiger partial charge in [0, 0.05) is 23.9 Å². The van der Waals surface area contributed by atoms with Crippen LogP contribution in [0.4, 0.5) is 5.82 Å². The molecule has 1 saturated carbocycles. The number of aromatic nitrogens is 3. The van der Waals surface area contributed by atoms with Gasteiger partial charge in [-0.05, 0) is 38.3 Å². The fourth-order valence-corrected chi connectivity index (χ4v) is 2.27. The van der Waals surface area contributed by atoms with E-state index in [0.29, 0.717) is 11.1 Å². The normalized spacial score (nSPS) is 15.9. The molecule has 1 aliphatic rings. The lowest BCUT2D eigenvalue weighted by Crippen LogP contribution is -2.11. The molecule has 20 heavy (non-hydrogen) atoms. The van der Waals surface area contributed by atoms with E-state index in [1.54, 1.807) is 6.20 Å². The molecule has 2 heterocycles. The summed E-state index contributed by atoms with van der Waals surface area (Å²) in [7, 11) is 0. The maximum Gasteiger partial charge on any atom is 0.137 e. The van der Waals surface area contributed by atoms with Crippen molar-refractivity contribution in [1.82, 2.24) is 15.0 Å². The smallest absolute Gasteiger partial charge is 0.137 e. The highest BCUT2D eigenvalue weighted by atomic mass is 35.5. The average Bonchev–Trinajstić information content (AvgIpc) is 3.29. The highest BCUT2D eigenvalue weighted by Gasteiger charge is 2.28. The van der Waals surface area contributed by atoms with Gasteiger partial charge in [-0.1, -0.05) is 17.7 Å². The summed E-state index contributed by atoms with van der Waals surface area (Å²) in [4.78, 5) is 13.2. The van der Waals surface area contributed by atoms with Crippen LogP contribution in [0.3, 0.4) is 0 Å². The van der Waals surface area contributed by atoms with E-state index in [4.69, 9.17) is 11.6 Å². The Morgan fingerprint density at radius 1 is 1.35 bits per heavy atom. The minimum atomic E-state index is 0.125. The van der Waals surface area contributed by atoms with Crippen LogP contribution in [0.25, 0.3) is 0 Å². The largest absolute Gasteiger partial charge is 0.363 e. The van der Waals surface area contributed by atoms with Crippen LogP contribution in [0.1, 0.15) is 48.7 Å². The summed E-state index contributed by atoms with van der Waals surface area (Å²) in [6.45, 7) is 4.03. The summed E-state index contributed by atoms with van der Waals surface area (Å²) in [6, 6.07) is 4.11. The molecular weight excluding hydrogens is 272 g/mol. The zero-order valence-corrected chi connectivity index (χ0v) is 12.4. The fourth-order valence-electron chi connectivity index (χ4n) is 2.09. The van der Waals surface area contributed by atoms with E-state index in [2.05, 4.69) is 27.2 Å². The Hall–Kier alpha value is -1.68. The Bertz CT molecular complexity index is 611. The van der Waals surface area contributed by atoms with Gasteiger partial charge in [0.2, 0.25) is 0 Å². The van der Waals surface area contributed by atoms with Crippen LogP contribution >= 0.6 is 11.6 Å². The molecule has 0 radical (unpaired) electrons. The van der Waals surface area contributed by atoms with Crippen LogP contribution in [-0.2, 0) is 0 Å². The molecule has 0 aliphatic heterocycles. The molecule has 4 nitrogen and oxygen atoms in total. The quantitative estimate of drug-likeness (QED) is 0.867. The monoisotopic (exact) mass is 288 g/mol. The number of rotatable bonds is 4. The number of nitrogens with one attached hydrogen (secondary N) is 1. The Labute approximate surface area is 123 Å². The third kappa shape index (κ3) is 2.75. The van der Waals surface area contributed by atoms with Crippen LogP contribution in [0.2, 0.25) is 5.15 Å². The van der Waals surface area contributed by atoms with Gasteiger partial charge < -0.3 is 5.32 Å². The number of hydrogen-bond acceptors (Lipinski definition) is 4. The van der Waals surface area contributed by atoms with Gasteiger partial charge in [0.05, 0.1) is 6.04 Å². The van der Waals surface area contributed by atoms with Crippen molar-refractivity contribution in [1.29, 1.82) is 0 Å². The second-order valence-electron chi connectivity index (χ2n) is 5.27. The second kappa shape index (κ2) is 5.37. The average molecular weight is 289 g/mol. The van der Waals surface area contributed by atoms with Crippen molar-refractivity contribution in [2.75, 3.05) is 5.32 Å². The van der Waals surface area contributed by atoms with Crippen molar-refractivity contribution in [3.05, 3.63) is 46.6 Å². The summed E-state index contributed by atoms with van der Waals surface area (Å²) in [6.07, 6.45) is 5.96. The number of nitrogens with zero attached hydrogens (tertiary/aromatic N) is 3. The van der Waals surface area contributed by atoms with E-state index in [1.165, 1.54) is 0 Å². The van der Waals surface area contributed by atoms with E-state index in [-0.39, 0.29) is 6.04 Å². The molecule has 104 valence electrons. The lowest BCUT2D eigenvalue weighted by molar-refractivity contribution is 0.843. The molecule has 1 unspecified atom stereocenters. The summed E-state index contributed by atoms with van der Waals surface area (Å²) < 4.78 is 0. The molecule has 2 aromatic heterocycles. The molecule has 3 rings (SSSR count). The minimum absolute atomic E-state index is 0.125. The van der Waals surface area contributed by atoms with Gasteiger partial charge in [-0.15, -0.1) is 0 Å². The van der Waals surface area contributed by atoms with Crippen LogP contribution in [-0.4, -0.2) is 15.0 Å². The second-order valence-corrected chi connectivity index (χ2v) is 5.63. The molecule has 0 aromatic carbocycles. The van der Waals surface area contributed by atoms with E-state index < -0.39 is 0 Å². The number of halogens is 1. The first-order valence-corrected chi connectivity index (χ1v) is 7.23. The van der Waals surface area contributed by atoms with Gasteiger partial charge >= 0.3 is 0 Å². The topological polar surface area (TPSA) is 50.7 Å². The molecule has 0 bridgehead atoms. The van der Waals surface area contributed by atoms with Gasteiger partial charge in [-0.25, -0.2) is 9.97 Å². The standard InChI is InChI=1S/C15H17ClN4/c1-9-13(16)19-15(11-5-6-11)20-14(9)18-10(2)12-4-3-7-17-8-12/h3-4,7-8,10-11H,5-6H2,1-2H3,(H,18,19,20). The van der Waals surface area contributed by atoms with Crippen molar-refractivity contribution in [3.63, 3.8) is 0 Å². The zero-order chi connectivity index (χ0) is 14.1. The predicted molar refractivity (Wildman–Crippen MR) is 80.0 cm³/mol. The van der Waals surface area contributed by atoms with Crippen molar-refractivity contribution >= 4 is 17.4 Å². The van der Waals surface area contributed by atoms with Crippen LogP contribution in [0.15, 0.2) is 24.5 Å². The molecular formula is C15H17ClN4. The molecule has 1 aliphatic carbocycles. The lowest BCUT2D eigenvalue weighted by Gasteiger charge is -2.17. The molecule has 0 saturated heterocycles. The Morgan fingerprint density at radius 3 is 2.80 bits per heavy atom. The molecule has 0 spiro atoms. The van der Waals surface area contributed by atoms with Crippen molar-refractivity contribution < 1.29 is 0 Å². The van der Waals surface area contributed by atoms with Crippen LogP contribution < -0.4 is 5.32 Å². The summed E-state index contributed by atoms with van der Waals surface area (Å²) >= 11 is 6.22. The third-order valence-corrected chi connectivity index (χ3v) is 3.95. The van der Waals surface area contributed by atoms with Crippen molar-refractivity contribution in [2.45, 2.75) is 38.6 Å². The van der Waals surface area contributed by atoms with Gasteiger partial charge in [0.1, 0.15) is 16.8 Å². The first-order chi connectivity index (χ1) is 9.65. The SMILES string of the molecule is Cc1c(Cl)nc(C2CC2)nc1NC(C)c1cccnc1. The Morgan fingerprint density at radius 2 is 2.15 bits per heavy atom. The zero-order valence-electron chi connectivity index (χ0n) is 11.6. The van der Waals surface area contributed by atoms with Crippen molar-refractivity contribution in [2.24, 2.45) is 0 Å². The number of hydrogen-bond donors (Lipinski definition) is 1. The first-order valence-electron chi connectivity index (χ1n) is 6.85. The van der Waals surface area contributed by atoms with Crippen LogP contribution in [0, 0.1) is 6.92 Å². The first kappa shape index (κ1) is 13.3. The molecule has 1 N–H and O–H groups in total. The van der Waals surface area contributed by atoms with Crippen molar-refractivity contribution in [3.8, 4) is 0 Å². The number of anilines is 1. The highest BCUT2D eigenvalue weighted by molar-refractivity contribution is 6.30. The van der Waals surface area contributed by atoms with Crippen LogP contribution in [0.5, 0.6) is 0 Å². The van der Waals surface area contributed by atoms with E-state index in [1.807, 2.05) is 25.3 Å². The molecule has 2 aromatic rings. The Balaban J connectivity index is 1.86. The van der Waals surface area contributed by atoms with E-state index >= 15 is 0 Å². The van der Waals surface area contributed by atoms with E-state index in [9.17, 15) is 0 Å². The maximum atomic E-state index is 6.22. The minimum Gasteiger partial charge on any atom is -0.363 e. The van der Waals surface area contributed by atoms with Gasteiger partial charge in [0.15, 0.2) is 0 Å². The number of pyridine rings is 1. The molecule has 1 fully saturated rings. The summed E-state index contributed by atoms with van der Waals surface area (Å²) in [5.41, 5.74) is 2.02. The molecule has 5 heteroatoms. The summed E-state index contributed by atoms with van der Waals surface area (Å²) in [5.74, 6) is 2.17. The molecule has 1 atom stereocenters. The van der Waals surface area contributed by atoms with Gasteiger partial charge in [0.25, 0.3) is 0 Å².